The van der Waals surface area contributed by atoms with Crippen molar-refractivity contribution in [2.24, 2.45) is 0 Å². The lowest BCUT2D eigenvalue weighted by molar-refractivity contribution is 0.441. The number of aromatic hydroxyl groups is 2. The molecule has 0 atom stereocenters. The number of rotatable bonds is 3. The van der Waals surface area contributed by atoms with Gasteiger partial charge in [0.1, 0.15) is 40.1 Å². The van der Waals surface area contributed by atoms with E-state index in [1.54, 1.807) is 0 Å². The number of fused-ring (bicyclic) bond motifs is 2. The first kappa shape index (κ1) is 22.7. The van der Waals surface area contributed by atoms with E-state index < -0.39 is 57.2 Å². The summed E-state index contributed by atoms with van der Waals surface area (Å²) in [6.45, 7) is 0. The molecule has 5 rings (SSSR count). The molecular formula is C25H12BrF3O6. The highest BCUT2D eigenvalue weighted by Gasteiger charge is 2.33. The van der Waals surface area contributed by atoms with E-state index in [4.69, 9.17) is 8.83 Å². The van der Waals surface area contributed by atoms with Gasteiger partial charge < -0.3 is 19.0 Å². The molecule has 0 bridgehead atoms. The van der Waals surface area contributed by atoms with Crippen molar-refractivity contribution >= 4 is 37.9 Å². The van der Waals surface area contributed by atoms with Crippen molar-refractivity contribution < 1.29 is 32.2 Å². The average molecular weight is 545 g/mol. The summed E-state index contributed by atoms with van der Waals surface area (Å²) in [5.74, 6) is -5.16. The fourth-order valence-corrected chi connectivity index (χ4v) is 4.42. The molecule has 2 aromatic heterocycles. The van der Waals surface area contributed by atoms with Crippen LogP contribution >= 0.6 is 15.9 Å². The van der Waals surface area contributed by atoms with E-state index in [1.807, 2.05) is 0 Å². The molecule has 0 unspecified atom stereocenters. The van der Waals surface area contributed by atoms with Crippen LogP contribution in [0.5, 0.6) is 11.5 Å². The zero-order valence-electron chi connectivity index (χ0n) is 17.3. The minimum atomic E-state index is -1.57. The molecule has 10 heteroatoms. The second kappa shape index (κ2) is 8.31. The maximum absolute atomic E-state index is 14.0. The van der Waals surface area contributed by atoms with Gasteiger partial charge in [0.15, 0.2) is 0 Å². The van der Waals surface area contributed by atoms with Gasteiger partial charge in [-0.15, -0.1) is 0 Å². The Labute approximate surface area is 201 Å². The smallest absolute Gasteiger partial charge is 0.344 e. The molecule has 0 spiro atoms. The summed E-state index contributed by atoms with van der Waals surface area (Å²) in [5, 5.41) is 21.7. The zero-order chi connectivity index (χ0) is 25.0. The summed E-state index contributed by atoms with van der Waals surface area (Å²) in [6.07, 6.45) is 0. The van der Waals surface area contributed by atoms with Crippen LogP contribution in [0.15, 0.2) is 77.5 Å². The van der Waals surface area contributed by atoms with Crippen LogP contribution < -0.4 is 11.3 Å². The van der Waals surface area contributed by atoms with Crippen molar-refractivity contribution in [3.8, 4) is 11.5 Å². The molecule has 2 N–H and O–H groups in total. The maximum Gasteiger partial charge on any atom is 0.344 e. The number of halogens is 4. The molecule has 2 heterocycles. The second-order valence-electron chi connectivity index (χ2n) is 7.69. The van der Waals surface area contributed by atoms with E-state index in [-0.39, 0.29) is 32.0 Å². The van der Waals surface area contributed by atoms with Crippen molar-refractivity contribution in [1.29, 1.82) is 0 Å². The lowest BCUT2D eigenvalue weighted by atomic mass is 9.84. The fraction of sp³-hybridized carbons (Fsp3) is 0.0400. The molecule has 0 aliphatic carbocycles. The van der Waals surface area contributed by atoms with Gasteiger partial charge in [0, 0.05) is 0 Å². The number of benzene rings is 3. The van der Waals surface area contributed by atoms with E-state index in [0.29, 0.717) is 0 Å². The van der Waals surface area contributed by atoms with Gasteiger partial charge in [-0.2, -0.15) is 0 Å². The number of hydrogen-bond donors (Lipinski definition) is 2. The van der Waals surface area contributed by atoms with Crippen LogP contribution in [-0.4, -0.2) is 10.2 Å². The summed E-state index contributed by atoms with van der Waals surface area (Å²) in [5.41, 5.74) is -3.49. The van der Waals surface area contributed by atoms with Gasteiger partial charge in [0.2, 0.25) is 0 Å². The third-order valence-corrected chi connectivity index (χ3v) is 6.21. The highest BCUT2D eigenvalue weighted by atomic mass is 79.9. The molecule has 0 radical (unpaired) electrons. The summed E-state index contributed by atoms with van der Waals surface area (Å²) < 4.78 is 52.3. The van der Waals surface area contributed by atoms with Crippen LogP contribution in [0.4, 0.5) is 13.2 Å². The molecule has 0 aliphatic heterocycles. The van der Waals surface area contributed by atoms with Crippen LogP contribution in [0.3, 0.4) is 0 Å². The summed E-state index contributed by atoms with van der Waals surface area (Å²) in [4.78, 5) is 26.1. The summed E-state index contributed by atoms with van der Waals surface area (Å²) >= 11 is 3.03. The van der Waals surface area contributed by atoms with Gasteiger partial charge in [-0.1, -0.05) is 6.07 Å². The minimum Gasteiger partial charge on any atom is -0.507 e. The van der Waals surface area contributed by atoms with Crippen LogP contribution in [0.2, 0.25) is 0 Å². The Bertz CT molecular complexity index is 1670. The molecule has 6 nitrogen and oxygen atoms in total. The van der Waals surface area contributed by atoms with Crippen molar-refractivity contribution in [2.75, 3.05) is 0 Å². The monoisotopic (exact) mass is 544 g/mol. The first-order valence-electron chi connectivity index (χ1n) is 10.0. The van der Waals surface area contributed by atoms with E-state index in [0.717, 1.165) is 42.5 Å². The largest absolute Gasteiger partial charge is 0.507 e. The standard InChI is InChI=1S/C25H12BrF3O6/c26-15-7-10(1-4-16(15)29)19(20-22(30)13-8-11(27)2-5-17(13)34-24(20)32)21-23(31)14-9-12(28)3-6-18(14)35-25(21)33/h1-9,19,30-31H. The summed E-state index contributed by atoms with van der Waals surface area (Å²) in [7, 11) is 0. The van der Waals surface area contributed by atoms with Gasteiger partial charge in [0.25, 0.3) is 0 Å². The van der Waals surface area contributed by atoms with Crippen LogP contribution in [0.1, 0.15) is 22.6 Å². The molecular weight excluding hydrogens is 533 g/mol. The topological polar surface area (TPSA) is 101 Å². The van der Waals surface area contributed by atoms with E-state index >= 15 is 0 Å². The van der Waals surface area contributed by atoms with E-state index in [1.165, 1.54) is 12.1 Å². The lowest BCUT2D eigenvalue weighted by Gasteiger charge is -2.20. The maximum atomic E-state index is 14.0. The molecule has 3 aromatic carbocycles. The summed E-state index contributed by atoms with van der Waals surface area (Å²) in [6, 6.07) is 9.66. The molecule has 0 saturated heterocycles. The average Bonchev–Trinajstić information content (AvgIpc) is 2.81. The first-order chi connectivity index (χ1) is 16.7. The van der Waals surface area contributed by atoms with Crippen molar-refractivity contribution in [3.63, 3.8) is 0 Å². The molecule has 35 heavy (non-hydrogen) atoms. The fourth-order valence-electron chi connectivity index (χ4n) is 4.02. The molecule has 0 amide bonds. The molecule has 0 saturated carbocycles. The van der Waals surface area contributed by atoms with Crippen molar-refractivity contribution in [2.45, 2.75) is 5.92 Å². The molecule has 0 fully saturated rings. The second-order valence-corrected chi connectivity index (χ2v) is 8.55. The Hall–Kier alpha value is -4.05. The van der Waals surface area contributed by atoms with Crippen LogP contribution in [0, 0.1) is 17.5 Å². The van der Waals surface area contributed by atoms with Gasteiger partial charge in [-0.25, -0.2) is 22.8 Å². The Balaban J connectivity index is 1.93. The highest BCUT2D eigenvalue weighted by molar-refractivity contribution is 9.10. The minimum absolute atomic E-state index is 0.0496. The van der Waals surface area contributed by atoms with Crippen molar-refractivity contribution in [1.82, 2.24) is 0 Å². The lowest BCUT2D eigenvalue weighted by Crippen LogP contribution is -2.21. The van der Waals surface area contributed by atoms with Crippen molar-refractivity contribution in [3.05, 3.63) is 114 Å². The highest BCUT2D eigenvalue weighted by Crippen LogP contribution is 2.42. The first-order valence-corrected chi connectivity index (χ1v) is 10.8. The Morgan fingerprint density at radius 1 is 0.714 bits per heavy atom. The molecule has 5 aromatic rings. The SMILES string of the molecule is O=c1oc2ccc(F)cc2c(O)c1C(c1ccc(F)c(Br)c1)c1c(O)c2cc(F)ccc2oc1=O. The van der Waals surface area contributed by atoms with Gasteiger partial charge >= 0.3 is 11.3 Å². The van der Waals surface area contributed by atoms with Gasteiger partial charge in [-0.05, 0) is 70.0 Å². The van der Waals surface area contributed by atoms with Crippen LogP contribution in [0.25, 0.3) is 21.9 Å². The quantitative estimate of drug-likeness (QED) is 0.284. The third-order valence-electron chi connectivity index (χ3n) is 5.60. The predicted octanol–water partition coefficient (Wildman–Crippen LogP) is 5.67. The molecule has 0 aliphatic rings. The van der Waals surface area contributed by atoms with E-state index in [9.17, 15) is 33.0 Å². The van der Waals surface area contributed by atoms with Gasteiger partial charge in [-0.3, -0.25) is 0 Å². The normalized spacial score (nSPS) is 11.6. The van der Waals surface area contributed by atoms with Gasteiger partial charge in [0.05, 0.1) is 32.3 Å². The Morgan fingerprint density at radius 2 is 1.20 bits per heavy atom. The zero-order valence-corrected chi connectivity index (χ0v) is 18.9. The Kier molecular flexibility index (Phi) is 5.40. The Morgan fingerprint density at radius 3 is 1.66 bits per heavy atom. The predicted molar refractivity (Wildman–Crippen MR) is 123 cm³/mol. The van der Waals surface area contributed by atoms with E-state index in [2.05, 4.69) is 15.9 Å². The van der Waals surface area contributed by atoms with Crippen LogP contribution in [-0.2, 0) is 0 Å². The number of hydrogen-bond acceptors (Lipinski definition) is 6. The molecule has 176 valence electrons. The third kappa shape index (κ3) is 3.75.